The summed E-state index contributed by atoms with van der Waals surface area (Å²) in [5.41, 5.74) is 0. The van der Waals surface area contributed by atoms with Crippen LogP contribution in [-0.2, 0) is 9.47 Å². The summed E-state index contributed by atoms with van der Waals surface area (Å²) in [6, 6.07) is 0. The van der Waals surface area contributed by atoms with Crippen LogP contribution in [0.2, 0.25) is 0 Å². The molecule has 2 fully saturated rings. The summed E-state index contributed by atoms with van der Waals surface area (Å²) in [4.78, 5) is 0. The minimum absolute atomic E-state index is 0. The van der Waals surface area contributed by atoms with E-state index in [9.17, 15) is 0 Å². The first-order valence-electron chi connectivity index (χ1n) is 12.7. The Bertz CT molecular complexity index is 350. The molecule has 0 N–H and O–H groups in total. The number of ether oxygens (including phenoxy) is 2. The maximum absolute atomic E-state index is 4.66. The minimum Gasteiger partial charge on any atom is -0.382 e. The van der Waals surface area contributed by atoms with Gasteiger partial charge in [0.05, 0.1) is 13.2 Å². The van der Waals surface area contributed by atoms with Crippen molar-refractivity contribution < 1.29 is 9.47 Å². The molecular formula is C28H56O2Sr. The van der Waals surface area contributed by atoms with E-state index in [0.717, 1.165) is 47.3 Å². The number of methoxy groups -OCH3 is 2. The van der Waals surface area contributed by atoms with Crippen molar-refractivity contribution in [3.8, 4) is 0 Å². The van der Waals surface area contributed by atoms with Gasteiger partial charge >= 0.3 is 0 Å². The SMILES string of the molecule is CCCC1C(C)C(C)C(C)C1C.CCCC1[C](C)[C](C)C(C)C1C.COCCOC.[Sr]. The van der Waals surface area contributed by atoms with Crippen molar-refractivity contribution in [1.82, 2.24) is 0 Å². The average Bonchev–Trinajstić information content (AvgIpc) is 3.03. The molecule has 31 heavy (non-hydrogen) atoms. The molecule has 0 aromatic carbocycles. The molecule has 7 atom stereocenters. The van der Waals surface area contributed by atoms with Crippen molar-refractivity contribution in [2.45, 2.75) is 94.9 Å². The van der Waals surface area contributed by atoms with Crippen LogP contribution < -0.4 is 0 Å². The molecule has 2 aliphatic rings. The van der Waals surface area contributed by atoms with Gasteiger partial charge in [0.15, 0.2) is 0 Å². The van der Waals surface area contributed by atoms with Gasteiger partial charge in [-0.2, -0.15) is 0 Å². The maximum Gasteiger partial charge on any atom is 0.0696 e. The van der Waals surface area contributed by atoms with Gasteiger partial charge in [0, 0.05) is 59.7 Å². The minimum atomic E-state index is 0. The Labute approximate surface area is 234 Å². The van der Waals surface area contributed by atoms with Crippen molar-refractivity contribution in [3.63, 3.8) is 0 Å². The molecule has 4 radical (unpaired) electrons. The molecule has 2 aliphatic carbocycles. The van der Waals surface area contributed by atoms with Gasteiger partial charge in [-0.05, 0) is 65.6 Å². The summed E-state index contributed by atoms with van der Waals surface area (Å²) in [5, 5.41) is 0. The van der Waals surface area contributed by atoms with Crippen LogP contribution >= 0.6 is 0 Å². The molecule has 2 rings (SSSR count). The van der Waals surface area contributed by atoms with Gasteiger partial charge in [-0.15, -0.1) is 0 Å². The van der Waals surface area contributed by atoms with Crippen LogP contribution in [0.1, 0.15) is 94.9 Å². The van der Waals surface area contributed by atoms with Crippen molar-refractivity contribution >= 4 is 45.5 Å². The summed E-state index contributed by atoms with van der Waals surface area (Å²) in [6.45, 7) is 25.2. The van der Waals surface area contributed by atoms with Crippen LogP contribution in [0, 0.1) is 59.2 Å². The van der Waals surface area contributed by atoms with E-state index in [1.165, 1.54) is 25.7 Å². The maximum atomic E-state index is 4.66. The molecule has 7 unspecified atom stereocenters. The second-order valence-electron chi connectivity index (χ2n) is 10.3. The Morgan fingerprint density at radius 3 is 1.32 bits per heavy atom. The van der Waals surface area contributed by atoms with Crippen molar-refractivity contribution in [3.05, 3.63) is 11.8 Å². The van der Waals surface area contributed by atoms with E-state index in [1.54, 1.807) is 26.1 Å². The van der Waals surface area contributed by atoms with E-state index in [-0.39, 0.29) is 45.5 Å². The summed E-state index contributed by atoms with van der Waals surface area (Å²) < 4.78 is 9.31. The van der Waals surface area contributed by atoms with Crippen LogP contribution in [0.15, 0.2) is 0 Å². The Kier molecular flexibility index (Phi) is 20.8. The van der Waals surface area contributed by atoms with E-state index in [4.69, 9.17) is 0 Å². The fourth-order valence-corrected chi connectivity index (χ4v) is 5.82. The van der Waals surface area contributed by atoms with Gasteiger partial charge in [-0.25, -0.2) is 0 Å². The second-order valence-corrected chi connectivity index (χ2v) is 10.3. The van der Waals surface area contributed by atoms with Crippen molar-refractivity contribution in [1.29, 1.82) is 0 Å². The second kappa shape index (κ2) is 18.7. The predicted molar refractivity (Wildman–Crippen MR) is 139 cm³/mol. The molecule has 2 saturated carbocycles. The van der Waals surface area contributed by atoms with E-state index in [1.807, 2.05) is 0 Å². The standard InChI is InChI=1S/C12H24.C12H22.C4H10O2.Sr/c2*1-6-7-12-10(4)8(2)9(3)11(12)5;1-5-3-4-6-2;/h8-12H,6-7H2,1-5H3;8,10,12H,6-7H2,1-5H3;3-4H2,1-2H3;. The zero-order valence-corrected chi connectivity index (χ0v) is 26.9. The van der Waals surface area contributed by atoms with E-state index >= 15 is 0 Å². The van der Waals surface area contributed by atoms with Crippen molar-refractivity contribution in [2.75, 3.05) is 27.4 Å². The summed E-state index contributed by atoms with van der Waals surface area (Å²) in [6.07, 6.45) is 5.51. The fourth-order valence-electron chi connectivity index (χ4n) is 5.82. The molecule has 0 heterocycles. The quantitative estimate of drug-likeness (QED) is 0.257. The van der Waals surface area contributed by atoms with Gasteiger partial charge in [-0.1, -0.05) is 88.5 Å². The molecule has 0 bridgehead atoms. The fraction of sp³-hybridized carbons (Fsp3) is 0.929. The summed E-state index contributed by atoms with van der Waals surface area (Å²) >= 11 is 0. The topological polar surface area (TPSA) is 18.5 Å². The van der Waals surface area contributed by atoms with Crippen LogP contribution in [0.4, 0.5) is 0 Å². The van der Waals surface area contributed by atoms with Gasteiger partial charge in [0.25, 0.3) is 0 Å². The third kappa shape index (κ3) is 10.7. The molecule has 0 aliphatic heterocycles. The third-order valence-corrected chi connectivity index (χ3v) is 8.84. The van der Waals surface area contributed by atoms with Gasteiger partial charge < -0.3 is 9.47 Å². The third-order valence-electron chi connectivity index (χ3n) is 8.84. The Hall–Kier alpha value is 1.40. The molecule has 0 spiro atoms. The van der Waals surface area contributed by atoms with E-state index < -0.39 is 0 Å². The molecule has 0 saturated heterocycles. The van der Waals surface area contributed by atoms with E-state index in [0.29, 0.717) is 13.2 Å². The van der Waals surface area contributed by atoms with Crippen LogP contribution in [-0.4, -0.2) is 72.9 Å². The zero-order chi connectivity index (χ0) is 23.4. The Morgan fingerprint density at radius 1 is 0.613 bits per heavy atom. The summed E-state index contributed by atoms with van der Waals surface area (Å²) in [7, 11) is 3.30. The molecule has 2 nitrogen and oxygen atoms in total. The van der Waals surface area contributed by atoms with Crippen molar-refractivity contribution in [2.24, 2.45) is 47.3 Å². The Morgan fingerprint density at radius 2 is 1.03 bits per heavy atom. The summed E-state index contributed by atoms with van der Waals surface area (Å²) in [5.74, 6) is 10.7. The Balaban J connectivity index is 0. The molecular weight excluding hydrogens is 456 g/mol. The van der Waals surface area contributed by atoms with Gasteiger partial charge in [0.2, 0.25) is 0 Å². The largest absolute Gasteiger partial charge is 0.382 e. The normalized spacial score (nSPS) is 35.6. The van der Waals surface area contributed by atoms with Crippen LogP contribution in [0.5, 0.6) is 0 Å². The van der Waals surface area contributed by atoms with E-state index in [2.05, 4.69) is 78.7 Å². The average molecular weight is 512 g/mol. The molecule has 0 aromatic heterocycles. The number of rotatable bonds is 7. The van der Waals surface area contributed by atoms with Gasteiger partial charge in [-0.3, -0.25) is 0 Å². The smallest absolute Gasteiger partial charge is 0.0696 e. The van der Waals surface area contributed by atoms with Gasteiger partial charge in [0.1, 0.15) is 0 Å². The first-order chi connectivity index (χ1) is 14.1. The first kappa shape index (κ1) is 34.6. The number of hydrogen-bond acceptors (Lipinski definition) is 2. The molecule has 182 valence electrons. The first-order valence-corrected chi connectivity index (χ1v) is 12.7. The molecule has 3 heteroatoms. The van der Waals surface area contributed by atoms with Crippen LogP contribution in [0.3, 0.4) is 0 Å². The van der Waals surface area contributed by atoms with Crippen LogP contribution in [0.25, 0.3) is 0 Å². The predicted octanol–water partition coefficient (Wildman–Crippen LogP) is 7.74. The monoisotopic (exact) mass is 512 g/mol. The molecule has 0 aromatic rings. The zero-order valence-electron chi connectivity index (χ0n) is 23.4. The number of hydrogen-bond donors (Lipinski definition) is 0. The molecule has 0 amide bonds.